The number of anilines is 1. The van der Waals surface area contributed by atoms with Crippen molar-refractivity contribution in [2.24, 2.45) is 23.7 Å². The number of fused-ring (bicyclic) bond motifs is 5. The molecule has 27 heavy (non-hydrogen) atoms. The predicted molar refractivity (Wildman–Crippen MR) is 101 cm³/mol. The van der Waals surface area contributed by atoms with Gasteiger partial charge in [0.05, 0.1) is 17.5 Å². The SMILES string of the molecule is O=C(c1ccc(N2C(=O)[C@@H]3[C@@H](C2=O)[C@H]2C=C[C@H]3C2)cc1)N1CCCCCC1. The van der Waals surface area contributed by atoms with Gasteiger partial charge in [0.15, 0.2) is 0 Å². The van der Waals surface area contributed by atoms with Gasteiger partial charge in [-0.1, -0.05) is 25.0 Å². The van der Waals surface area contributed by atoms with Gasteiger partial charge in [0.25, 0.3) is 5.91 Å². The van der Waals surface area contributed by atoms with E-state index in [0.717, 1.165) is 32.4 Å². The summed E-state index contributed by atoms with van der Waals surface area (Å²) in [6, 6.07) is 7.00. The van der Waals surface area contributed by atoms with E-state index in [1.54, 1.807) is 24.3 Å². The van der Waals surface area contributed by atoms with E-state index in [-0.39, 0.29) is 41.4 Å². The van der Waals surface area contributed by atoms with E-state index < -0.39 is 0 Å². The van der Waals surface area contributed by atoms with Crippen LogP contribution in [0.15, 0.2) is 36.4 Å². The highest BCUT2D eigenvalue weighted by atomic mass is 16.2. The van der Waals surface area contributed by atoms with Crippen molar-refractivity contribution in [3.8, 4) is 0 Å². The van der Waals surface area contributed by atoms with Gasteiger partial charge in [-0.15, -0.1) is 0 Å². The van der Waals surface area contributed by atoms with Gasteiger partial charge in [-0.05, 0) is 55.4 Å². The Bertz CT molecular complexity index is 790. The first-order valence-electron chi connectivity index (χ1n) is 10.1. The molecule has 2 saturated heterocycles. The fraction of sp³-hybridized carbons (Fsp3) is 0.500. The minimum Gasteiger partial charge on any atom is -0.339 e. The van der Waals surface area contributed by atoms with Crippen molar-refractivity contribution in [3.63, 3.8) is 0 Å². The Labute approximate surface area is 159 Å². The third-order valence-electron chi connectivity index (χ3n) is 6.74. The smallest absolute Gasteiger partial charge is 0.253 e. The maximum atomic E-state index is 12.9. The maximum absolute atomic E-state index is 12.9. The molecule has 3 fully saturated rings. The van der Waals surface area contributed by atoms with Crippen LogP contribution in [-0.2, 0) is 9.59 Å². The summed E-state index contributed by atoms with van der Waals surface area (Å²) in [5.41, 5.74) is 1.22. The first-order valence-corrected chi connectivity index (χ1v) is 10.1. The topological polar surface area (TPSA) is 57.7 Å². The zero-order valence-corrected chi connectivity index (χ0v) is 15.3. The standard InChI is InChI=1S/C22H24N2O3/c25-20(23-11-3-1-2-4-12-23)14-7-9-17(10-8-14)24-21(26)18-15-5-6-16(13-15)19(18)22(24)27/h5-10,15-16,18-19H,1-4,11-13H2/t15-,16-,18-,19-/m0/s1. The first-order chi connectivity index (χ1) is 13.1. The lowest BCUT2D eigenvalue weighted by atomic mass is 9.85. The minimum atomic E-state index is -0.189. The van der Waals surface area contributed by atoms with Gasteiger partial charge in [-0.2, -0.15) is 0 Å². The quantitative estimate of drug-likeness (QED) is 0.599. The van der Waals surface area contributed by atoms with Crippen LogP contribution in [-0.4, -0.2) is 35.7 Å². The fourth-order valence-electron chi connectivity index (χ4n) is 5.37. The van der Waals surface area contributed by atoms with Crippen molar-refractivity contribution >= 4 is 23.4 Å². The number of imide groups is 1. The van der Waals surface area contributed by atoms with E-state index in [1.165, 1.54) is 17.7 Å². The molecule has 2 aliphatic carbocycles. The van der Waals surface area contributed by atoms with Gasteiger partial charge in [0.1, 0.15) is 0 Å². The highest BCUT2D eigenvalue weighted by Gasteiger charge is 2.59. The Balaban J connectivity index is 1.36. The third kappa shape index (κ3) is 2.55. The van der Waals surface area contributed by atoms with Crippen LogP contribution in [0.1, 0.15) is 42.5 Å². The molecule has 1 saturated carbocycles. The summed E-state index contributed by atoms with van der Waals surface area (Å²) >= 11 is 0. The molecule has 2 bridgehead atoms. The second kappa shape index (κ2) is 6.32. The molecule has 5 heteroatoms. The molecule has 0 aromatic heterocycles. The molecule has 2 aliphatic heterocycles. The maximum Gasteiger partial charge on any atom is 0.253 e. The van der Waals surface area contributed by atoms with Crippen molar-refractivity contribution in [3.05, 3.63) is 42.0 Å². The molecule has 4 aliphatic rings. The molecule has 5 nitrogen and oxygen atoms in total. The molecule has 0 spiro atoms. The lowest BCUT2D eigenvalue weighted by molar-refractivity contribution is -0.123. The van der Waals surface area contributed by atoms with Gasteiger partial charge >= 0.3 is 0 Å². The van der Waals surface area contributed by atoms with Gasteiger partial charge < -0.3 is 4.90 Å². The van der Waals surface area contributed by atoms with E-state index >= 15 is 0 Å². The molecule has 1 aromatic carbocycles. The molecule has 4 atom stereocenters. The summed E-state index contributed by atoms with van der Waals surface area (Å²) in [4.78, 5) is 41.8. The van der Waals surface area contributed by atoms with Crippen molar-refractivity contribution in [2.75, 3.05) is 18.0 Å². The van der Waals surface area contributed by atoms with E-state index in [0.29, 0.717) is 11.3 Å². The number of amides is 3. The molecule has 1 aromatic rings. The summed E-state index contributed by atoms with van der Waals surface area (Å²) in [7, 11) is 0. The lowest BCUT2D eigenvalue weighted by Crippen LogP contribution is -2.33. The zero-order valence-electron chi connectivity index (χ0n) is 15.3. The minimum absolute atomic E-state index is 0.0432. The van der Waals surface area contributed by atoms with Crippen LogP contribution in [0.25, 0.3) is 0 Å². The molecule has 5 rings (SSSR count). The third-order valence-corrected chi connectivity index (χ3v) is 6.74. The number of benzene rings is 1. The second-order valence-corrected chi connectivity index (χ2v) is 8.27. The highest BCUT2D eigenvalue weighted by molar-refractivity contribution is 6.22. The number of hydrogen-bond acceptors (Lipinski definition) is 3. The lowest BCUT2D eigenvalue weighted by Gasteiger charge is -2.21. The number of rotatable bonds is 2. The van der Waals surface area contributed by atoms with E-state index in [4.69, 9.17) is 0 Å². The number of carbonyl (C=O) groups excluding carboxylic acids is 3. The average molecular weight is 364 g/mol. The van der Waals surface area contributed by atoms with E-state index in [9.17, 15) is 14.4 Å². The number of hydrogen-bond donors (Lipinski definition) is 0. The molecular formula is C22H24N2O3. The van der Waals surface area contributed by atoms with Crippen LogP contribution in [0.4, 0.5) is 5.69 Å². The monoisotopic (exact) mass is 364 g/mol. The Kier molecular flexibility index (Phi) is 3.92. The summed E-state index contributed by atoms with van der Waals surface area (Å²) in [5.74, 6) is -0.0592. The highest BCUT2D eigenvalue weighted by Crippen LogP contribution is 2.53. The van der Waals surface area contributed by atoms with Crippen molar-refractivity contribution in [1.29, 1.82) is 0 Å². The van der Waals surface area contributed by atoms with Crippen LogP contribution in [0.3, 0.4) is 0 Å². The number of carbonyl (C=O) groups is 3. The second-order valence-electron chi connectivity index (χ2n) is 8.27. The van der Waals surface area contributed by atoms with Crippen LogP contribution in [0.5, 0.6) is 0 Å². The normalized spacial score (nSPS) is 32.1. The van der Waals surface area contributed by atoms with Crippen LogP contribution in [0, 0.1) is 23.7 Å². The largest absolute Gasteiger partial charge is 0.339 e. The van der Waals surface area contributed by atoms with Gasteiger partial charge in [-0.25, -0.2) is 0 Å². The molecule has 0 radical (unpaired) electrons. The van der Waals surface area contributed by atoms with Gasteiger partial charge in [-0.3, -0.25) is 19.3 Å². The molecule has 0 N–H and O–H groups in total. The van der Waals surface area contributed by atoms with Crippen LogP contribution < -0.4 is 4.90 Å². The molecule has 2 heterocycles. The van der Waals surface area contributed by atoms with Crippen molar-refractivity contribution in [2.45, 2.75) is 32.1 Å². The summed E-state index contributed by atoms with van der Waals surface area (Å²) in [6.07, 6.45) is 9.61. The van der Waals surface area contributed by atoms with Crippen molar-refractivity contribution < 1.29 is 14.4 Å². The Hall–Kier alpha value is -2.43. The summed E-state index contributed by atoms with van der Waals surface area (Å²) < 4.78 is 0. The zero-order chi connectivity index (χ0) is 18.5. The molecule has 0 unspecified atom stereocenters. The predicted octanol–water partition coefficient (Wildman–Crippen LogP) is 3.01. The fourth-order valence-corrected chi connectivity index (χ4v) is 5.37. The molecule has 140 valence electrons. The van der Waals surface area contributed by atoms with Crippen LogP contribution >= 0.6 is 0 Å². The van der Waals surface area contributed by atoms with Crippen molar-refractivity contribution in [1.82, 2.24) is 4.90 Å². The number of allylic oxidation sites excluding steroid dienone is 2. The van der Waals surface area contributed by atoms with E-state index in [1.807, 2.05) is 4.90 Å². The summed E-state index contributed by atoms with van der Waals surface area (Å²) in [5, 5.41) is 0. The molecular weight excluding hydrogens is 340 g/mol. The number of nitrogens with zero attached hydrogens (tertiary/aromatic N) is 2. The first kappa shape index (κ1) is 16.7. The van der Waals surface area contributed by atoms with Gasteiger partial charge in [0.2, 0.25) is 11.8 Å². The Morgan fingerprint density at radius 3 is 1.93 bits per heavy atom. The molecule has 3 amide bonds. The van der Waals surface area contributed by atoms with E-state index in [2.05, 4.69) is 12.2 Å². The summed E-state index contributed by atoms with van der Waals surface area (Å²) in [6.45, 7) is 1.62. The van der Waals surface area contributed by atoms with Gasteiger partial charge in [0, 0.05) is 18.7 Å². The Morgan fingerprint density at radius 1 is 0.815 bits per heavy atom. The number of likely N-dealkylation sites (tertiary alicyclic amines) is 1. The Morgan fingerprint density at radius 2 is 1.37 bits per heavy atom. The van der Waals surface area contributed by atoms with Crippen LogP contribution in [0.2, 0.25) is 0 Å². The average Bonchev–Trinajstić information content (AvgIpc) is 3.28.